The minimum absolute atomic E-state index is 0.0139. The Morgan fingerprint density at radius 1 is 0.628 bits per heavy atom. The molecule has 0 fully saturated rings. The van der Waals surface area contributed by atoms with Crippen LogP contribution in [0.3, 0.4) is 0 Å². The Hall–Kier alpha value is -5.24. The van der Waals surface area contributed by atoms with Crippen LogP contribution in [0.4, 0.5) is 0 Å². The van der Waals surface area contributed by atoms with Gasteiger partial charge in [0.1, 0.15) is 22.6 Å². The molecule has 0 aromatic heterocycles. The molecule has 43 heavy (non-hydrogen) atoms. The monoisotopic (exact) mass is 580 g/mol. The molecule has 1 aromatic rings. The Labute approximate surface area is 249 Å². The second kappa shape index (κ2) is 12.3. The van der Waals surface area contributed by atoms with Crippen molar-refractivity contribution in [1.29, 1.82) is 0 Å². The van der Waals surface area contributed by atoms with Crippen molar-refractivity contribution in [2.75, 3.05) is 27.4 Å². The fourth-order valence-corrected chi connectivity index (χ4v) is 5.69. The predicted octanol–water partition coefficient (Wildman–Crippen LogP) is 6.86. The van der Waals surface area contributed by atoms with Gasteiger partial charge in [0, 0.05) is 28.2 Å². The number of carbonyl (C=O) groups is 2. The summed E-state index contributed by atoms with van der Waals surface area (Å²) in [6.45, 7) is 3.62. The summed E-state index contributed by atoms with van der Waals surface area (Å²) >= 11 is 0. The van der Waals surface area contributed by atoms with Crippen LogP contribution in [-0.2, 0) is 9.47 Å². The Morgan fingerprint density at radius 2 is 1.07 bits per heavy atom. The topological polar surface area (TPSA) is 112 Å². The molecule has 0 amide bonds. The van der Waals surface area contributed by atoms with Crippen molar-refractivity contribution in [2.24, 2.45) is 0 Å². The summed E-state index contributed by atoms with van der Waals surface area (Å²) in [4.78, 5) is 26.5. The lowest BCUT2D eigenvalue weighted by Crippen LogP contribution is -2.07. The first-order valence-electron chi connectivity index (χ1n) is 13.9. The van der Waals surface area contributed by atoms with Crippen LogP contribution in [-0.4, -0.2) is 49.6 Å². The van der Waals surface area contributed by atoms with E-state index in [2.05, 4.69) is 0 Å². The summed E-state index contributed by atoms with van der Waals surface area (Å²) < 4.78 is 21.8. The molecule has 4 aliphatic rings. The summed E-state index contributed by atoms with van der Waals surface area (Å²) in [6.07, 6.45) is 0. The van der Waals surface area contributed by atoms with Crippen molar-refractivity contribution in [3.05, 3.63) is 107 Å². The first-order chi connectivity index (χ1) is 20.9. The van der Waals surface area contributed by atoms with Gasteiger partial charge in [0.2, 0.25) is 0 Å². The molecular formula is C35H32O8. The predicted molar refractivity (Wildman–Crippen MR) is 162 cm³/mol. The van der Waals surface area contributed by atoms with Crippen molar-refractivity contribution >= 4 is 11.9 Å². The fourth-order valence-electron chi connectivity index (χ4n) is 5.69. The molecule has 4 aliphatic carbocycles. The molecule has 5 rings (SSSR count). The third-order valence-electron chi connectivity index (χ3n) is 7.46. The number of hydrogen-bond acceptors (Lipinski definition) is 8. The summed E-state index contributed by atoms with van der Waals surface area (Å²) in [6, 6.07) is 23.1. The van der Waals surface area contributed by atoms with Crippen LogP contribution in [0, 0.1) is 0 Å². The maximum atomic E-state index is 13.2. The van der Waals surface area contributed by atoms with E-state index in [1.54, 1.807) is 80.6 Å². The van der Waals surface area contributed by atoms with E-state index in [1.807, 2.05) is 12.1 Å². The number of esters is 2. The largest absolute Gasteiger partial charge is 0.507 e. The van der Waals surface area contributed by atoms with Crippen LogP contribution in [0.25, 0.3) is 22.3 Å². The van der Waals surface area contributed by atoms with Gasteiger partial charge >= 0.3 is 11.9 Å². The van der Waals surface area contributed by atoms with Crippen molar-refractivity contribution in [1.82, 2.24) is 0 Å². The highest BCUT2D eigenvalue weighted by atomic mass is 16.5. The highest BCUT2D eigenvalue weighted by Crippen LogP contribution is 2.55. The Kier molecular flexibility index (Phi) is 8.39. The zero-order valence-electron chi connectivity index (χ0n) is 24.3. The average molecular weight is 581 g/mol. The highest BCUT2D eigenvalue weighted by molar-refractivity contribution is 6.06. The molecule has 8 heteroatoms. The van der Waals surface area contributed by atoms with Crippen LogP contribution in [0.2, 0.25) is 0 Å². The number of fused-ring (bicyclic) bond motifs is 2. The molecule has 0 aliphatic heterocycles. The summed E-state index contributed by atoms with van der Waals surface area (Å²) in [5.41, 5.74) is 3.43. The fraction of sp³-hybridized carbons (Fsp3) is 0.200. The molecule has 0 heterocycles. The number of hydrogen-bond donors (Lipinski definition) is 2. The normalized spacial score (nSPS) is 11.1. The first kappa shape index (κ1) is 29.3. The van der Waals surface area contributed by atoms with Crippen molar-refractivity contribution in [3.63, 3.8) is 0 Å². The van der Waals surface area contributed by atoms with E-state index < -0.39 is 17.9 Å². The molecule has 220 valence electrons. The Bertz CT molecular complexity index is 1640. The van der Waals surface area contributed by atoms with E-state index in [4.69, 9.17) is 18.9 Å². The van der Waals surface area contributed by atoms with Gasteiger partial charge in [-0.1, -0.05) is 66.7 Å². The zero-order chi connectivity index (χ0) is 30.7. The number of carbonyl (C=O) groups excluding carboxylic acids is 2. The second-order valence-corrected chi connectivity index (χ2v) is 9.74. The number of aromatic hydroxyl groups is 2. The molecule has 0 spiro atoms. The van der Waals surface area contributed by atoms with E-state index in [1.165, 1.54) is 14.2 Å². The number of ether oxygens (including phenoxy) is 4. The van der Waals surface area contributed by atoms with Crippen molar-refractivity contribution < 1.29 is 38.7 Å². The smallest absolute Gasteiger partial charge is 0.342 e. The van der Waals surface area contributed by atoms with Gasteiger partial charge in [0.25, 0.3) is 0 Å². The Balaban J connectivity index is 1.93. The summed E-state index contributed by atoms with van der Waals surface area (Å²) in [7, 11) is 3.04. The van der Waals surface area contributed by atoms with Gasteiger partial charge in [-0.2, -0.15) is 0 Å². The van der Waals surface area contributed by atoms with E-state index in [9.17, 15) is 19.8 Å². The van der Waals surface area contributed by atoms with E-state index in [-0.39, 0.29) is 35.8 Å². The molecule has 1 aromatic carbocycles. The van der Waals surface area contributed by atoms with Crippen LogP contribution >= 0.6 is 0 Å². The van der Waals surface area contributed by atoms with Gasteiger partial charge in [0.05, 0.1) is 27.4 Å². The van der Waals surface area contributed by atoms with Crippen molar-refractivity contribution in [3.8, 4) is 45.3 Å². The third kappa shape index (κ3) is 5.05. The first-order valence-corrected chi connectivity index (χ1v) is 13.9. The molecule has 0 saturated carbocycles. The summed E-state index contributed by atoms with van der Waals surface area (Å²) in [5.74, 6) is -1.91. The van der Waals surface area contributed by atoms with Gasteiger partial charge in [-0.15, -0.1) is 0 Å². The van der Waals surface area contributed by atoms with E-state index >= 15 is 0 Å². The lowest BCUT2D eigenvalue weighted by Gasteiger charge is -2.22. The van der Waals surface area contributed by atoms with Gasteiger partial charge in [-0.05, 0) is 42.7 Å². The van der Waals surface area contributed by atoms with Crippen LogP contribution < -0.4 is 9.47 Å². The molecule has 0 atom stereocenters. The molecule has 0 unspecified atom stereocenters. The third-order valence-corrected chi connectivity index (χ3v) is 7.46. The molecule has 0 radical (unpaired) electrons. The molecule has 0 saturated heterocycles. The highest BCUT2D eigenvalue weighted by Gasteiger charge is 2.39. The van der Waals surface area contributed by atoms with Gasteiger partial charge < -0.3 is 29.2 Å². The number of methoxy groups -OCH3 is 2. The van der Waals surface area contributed by atoms with E-state index in [0.29, 0.717) is 50.4 Å². The lowest BCUT2D eigenvalue weighted by molar-refractivity contribution is 0.0514. The van der Waals surface area contributed by atoms with Gasteiger partial charge in [0.15, 0.2) is 11.5 Å². The van der Waals surface area contributed by atoms with Crippen molar-refractivity contribution in [2.45, 2.75) is 19.8 Å². The average Bonchev–Trinajstić information content (AvgIpc) is 3.19. The molecule has 8 nitrogen and oxygen atoms in total. The molecule has 2 N–H and O–H groups in total. The Morgan fingerprint density at radius 3 is 1.49 bits per heavy atom. The van der Waals surface area contributed by atoms with Crippen LogP contribution in [0.15, 0.2) is 78.9 Å². The minimum Gasteiger partial charge on any atom is -0.507 e. The van der Waals surface area contributed by atoms with E-state index in [0.717, 1.165) is 0 Å². The summed E-state index contributed by atoms with van der Waals surface area (Å²) in [5, 5.41) is 23.8. The number of rotatable bonds is 9. The maximum absolute atomic E-state index is 13.2. The molecular weight excluding hydrogens is 548 g/mol. The lowest BCUT2D eigenvalue weighted by atomic mass is 9.82. The SMILES string of the molecule is CCOC(=O)c1c2cccccc-2c(C(c2ccc(OC)c(OC)c2)c2c3cccccc-3c(C(=O)OCC)c2O)c1O. The van der Waals surface area contributed by atoms with Gasteiger partial charge in [-0.3, -0.25) is 0 Å². The van der Waals surface area contributed by atoms with Crippen LogP contribution in [0.5, 0.6) is 23.0 Å². The van der Waals surface area contributed by atoms with Gasteiger partial charge in [-0.25, -0.2) is 9.59 Å². The quantitative estimate of drug-likeness (QED) is 0.182. The second-order valence-electron chi connectivity index (χ2n) is 9.74. The van der Waals surface area contributed by atoms with Crippen LogP contribution in [0.1, 0.15) is 57.2 Å². The minimum atomic E-state index is -0.888. The zero-order valence-corrected chi connectivity index (χ0v) is 24.3. The maximum Gasteiger partial charge on any atom is 0.342 e. The standard InChI is InChI=1S/C35H32O8/c1-5-42-34(38)30-23-15-11-7-9-13-21(23)28(32(30)36)27(20-17-18-25(40-3)26(19-20)41-4)29-22-14-10-8-12-16-24(22)31(33(29)37)35(39)43-6-2/h7-19,27,36-37H,5-6H2,1-4H3. The number of benzene rings is 1. The molecule has 0 bridgehead atoms.